The fourth-order valence-electron chi connectivity index (χ4n) is 2.38. The molecule has 2 N–H and O–H groups in total. The third kappa shape index (κ3) is 7.40. The van der Waals surface area contributed by atoms with Gasteiger partial charge >= 0.3 is 5.97 Å². The molecule has 0 aromatic heterocycles. The van der Waals surface area contributed by atoms with Gasteiger partial charge in [-0.3, -0.25) is 14.4 Å². The zero-order chi connectivity index (χ0) is 20.5. The molecule has 7 heteroatoms. The van der Waals surface area contributed by atoms with Crippen LogP contribution in [-0.2, 0) is 19.1 Å². The summed E-state index contributed by atoms with van der Waals surface area (Å²) in [4.78, 5) is 35.4. The number of esters is 1. The molecule has 2 rings (SSSR count). The fourth-order valence-corrected chi connectivity index (χ4v) is 2.51. The van der Waals surface area contributed by atoms with Crippen LogP contribution in [0.3, 0.4) is 0 Å². The zero-order valence-corrected chi connectivity index (χ0v) is 16.6. The zero-order valence-electron chi connectivity index (χ0n) is 15.9. The molecule has 0 bridgehead atoms. The average molecular weight is 403 g/mol. The molecular formula is C21H23ClN2O4. The predicted octanol–water partition coefficient (Wildman–Crippen LogP) is 4.25. The summed E-state index contributed by atoms with van der Waals surface area (Å²) in [7, 11) is 0. The quantitative estimate of drug-likeness (QED) is 0.646. The molecule has 0 unspecified atom stereocenters. The summed E-state index contributed by atoms with van der Waals surface area (Å²) in [6, 6.07) is 12.3. The highest BCUT2D eigenvalue weighted by Crippen LogP contribution is 2.15. The van der Waals surface area contributed by atoms with Gasteiger partial charge in [0.15, 0.2) is 6.61 Å². The Morgan fingerprint density at radius 3 is 2.18 bits per heavy atom. The van der Waals surface area contributed by atoms with E-state index in [0.717, 1.165) is 11.1 Å². The van der Waals surface area contributed by atoms with Crippen LogP contribution < -0.4 is 10.6 Å². The maximum atomic E-state index is 11.9. The number of carbonyl (C=O) groups excluding carboxylic acids is 3. The smallest absolute Gasteiger partial charge is 0.306 e. The minimum absolute atomic E-state index is 0.0605. The van der Waals surface area contributed by atoms with E-state index in [9.17, 15) is 14.4 Å². The molecule has 0 spiro atoms. The molecule has 148 valence electrons. The molecule has 0 fully saturated rings. The van der Waals surface area contributed by atoms with Gasteiger partial charge in [0.2, 0.25) is 5.91 Å². The second-order valence-corrected chi connectivity index (χ2v) is 6.85. The van der Waals surface area contributed by atoms with Crippen molar-refractivity contribution in [1.29, 1.82) is 0 Å². The Kier molecular flexibility index (Phi) is 8.02. The first-order valence-corrected chi connectivity index (χ1v) is 9.29. The molecule has 2 amide bonds. The van der Waals surface area contributed by atoms with Gasteiger partial charge in [0, 0.05) is 29.2 Å². The van der Waals surface area contributed by atoms with E-state index in [1.54, 1.807) is 30.3 Å². The van der Waals surface area contributed by atoms with Gasteiger partial charge in [-0.15, -0.1) is 0 Å². The Morgan fingerprint density at radius 1 is 0.857 bits per heavy atom. The van der Waals surface area contributed by atoms with Crippen LogP contribution in [0.4, 0.5) is 11.4 Å². The minimum atomic E-state index is -0.519. The number of carbonyl (C=O) groups is 3. The molecule has 0 saturated heterocycles. The lowest BCUT2D eigenvalue weighted by atomic mass is 10.1. The van der Waals surface area contributed by atoms with Crippen molar-refractivity contribution in [3.05, 3.63) is 58.6 Å². The van der Waals surface area contributed by atoms with Crippen molar-refractivity contribution in [2.45, 2.75) is 33.1 Å². The topological polar surface area (TPSA) is 84.5 Å². The van der Waals surface area contributed by atoms with Crippen LogP contribution in [0.25, 0.3) is 0 Å². The number of hydrogen-bond donors (Lipinski definition) is 2. The molecule has 28 heavy (non-hydrogen) atoms. The van der Waals surface area contributed by atoms with Gasteiger partial charge in [0.1, 0.15) is 0 Å². The summed E-state index contributed by atoms with van der Waals surface area (Å²) in [6.45, 7) is 3.58. The highest BCUT2D eigenvalue weighted by atomic mass is 35.5. The molecule has 0 heterocycles. The second-order valence-electron chi connectivity index (χ2n) is 6.42. The predicted molar refractivity (Wildman–Crippen MR) is 109 cm³/mol. The number of ether oxygens (including phenoxy) is 1. The Bertz CT molecular complexity index is 850. The highest BCUT2D eigenvalue weighted by Gasteiger charge is 2.10. The van der Waals surface area contributed by atoms with E-state index in [0.29, 0.717) is 22.8 Å². The molecule has 0 aliphatic rings. The summed E-state index contributed by atoms with van der Waals surface area (Å²) < 4.78 is 4.95. The van der Waals surface area contributed by atoms with Crippen LogP contribution in [0, 0.1) is 13.8 Å². The largest absolute Gasteiger partial charge is 0.456 e. The Labute approximate surface area is 169 Å². The summed E-state index contributed by atoms with van der Waals surface area (Å²) in [5, 5.41) is 5.98. The molecule has 0 radical (unpaired) electrons. The fraction of sp³-hybridized carbons (Fsp3) is 0.286. The number of anilines is 2. The normalized spacial score (nSPS) is 10.2. The molecule has 0 aliphatic heterocycles. The SMILES string of the molecule is Cc1ccc(NC(=O)COC(=O)CCCC(=O)Nc2ccc(Cl)cc2)cc1C. The number of rotatable bonds is 8. The Balaban J connectivity index is 1.63. The van der Waals surface area contributed by atoms with Gasteiger partial charge in [0.05, 0.1) is 0 Å². The first kappa shape index (κ1) is 21.4. The third-order valence-corrected chi connectivity index (χ3v) is 4.32. The second kappa shape index (κ2) is 10.5. The van der Waals surface area contributed by atoms with Gasteiger partial charge < -0.3 is 15.4 Å². The molecule has 0 saturated carbocycles. The monoisotopic (exact) mass is 402 g/mol. The van der Waals surface area contributed by atoms with Crippen molar-refractivity contribution in [1.82, 2.24) is 0 Å². The van der Waals surface area contributed by atoms with E-state index in [4.69, 9.17) is 16.3 Å². The van der Waals surface area contributed by atoms with Crippen molar-refractivity contribution >= 4 is 40.8 Å². The molecule has 6 nitrogen and oxygen atoms in total. The maximum absolute atomic E-state index is 11.9. The van der Waals surface area contributed by atoms with Crippen molar-refractivity contribution in [3.63, 3.8) is 0 Å². The molecule has 0 atom stereocenters. The summed E-state index contributed by atoms with van der Waals surface area (Å²) in [5.41, 5.74) is 3.49. The van der Waals surface area contributed by atoms with E-state index in [2.05, 4.69) is 10.6 Å². The average Bonchev–Trinajstić information content (AvgIpc) is 2.65. The van der Waals surface area contributed by atoms with E-state index >= 15 is 0 Å². The lowest BCUT2D eigenvalue weighted by molar-refractivity contribution is -0.147. The molecule has 0 aliphatic carbocycles. The van der Waals surface area contributed by atoms with Gasteiger partial charge in [0.25, 0.3) is 5.91 Å². The standard InChI is InChI=1S/C21H23ClN2O4/c1-14-6-9-18(12-15(14)2)24-20(26)13-28-21(27)5-3-4-19(25)23-17-10-7-16(22)8-11-17/h6-12H,3-5,13H2,1-2H3,(H,23,25)(H,24,26). The number of halogens is 1. The van der Waals surface area contributed by atoms with Crippen molar-refractivity contribution in [2.24, 2.45) is 0 Å². The number of benzene rings is 2. The van der Waals surface area contributed by atoms with Gasteiger partial charge in [-0.05, 0) is 67.8 Å². The lowest BCUT2D eigenvalue weighted by Gasteiger charge is -2.08. The highest BCUT2D eigenvalue weighted by molar-refractivity contribution is 6.30. The Morgan fingerprint density at radius 2 is 1.50 bits per heavy atom. The summed E-state index contributed by atoms with van der Waals surface area (Å²) >= 11 is 5.78. The van der Waals surface area contributed by atoms with E-state index in [1.165, 1.54) is 0 Å². The number of hydrogen-bond acceptors (Lipinski definition) is 4. The van der Waals surface area contributed by atoms with Crippen LogP contribution >= 0.6 is 11.6 Å². The van der Waals surface area contributed by atoms with Crippen LogP contribution in [0.15, 0.2) is 42.5 Å². The first-order chi connectivity index (χ1) is 13.3. The van der Waals surface area contributed by atoms with Crippen molar-refractivity contribution < 1.29 is 19.1 Å². The van der Waals surface area contributed by atoms with Gasteiger partial charge in [-0.25, -0.2) is 0 Å². The molecule has 2 aromatic carbocycles. The van der Waals surface area contributed by atoms with Crippen LogP contribution in [-0.4, -0.2) is 24.4 Å². The number of aryl methyl sites for hydroxylation is 2. The van der Waals surface area contributed by atoms with Crippen molar-refractivity contribution in [2.75, 3.05) is 17.2 Å². The number of amides is 2. The van der Waals surface area contributed by atoms with E-state index < -0.39 is 11.9 Å². The van der Waals surface area contributed by atoms with E-state index in [1.807, 2.05) is 26.0 Å². The van der Waals surface area contributed by atoms with Crippen molar-refractivity contribution in [3.8, 4) is 0 Å². The summed E-state index contributed by atoms with van der Waals surface area (Å²) in [6.07, 6.45) is 0.564. The van der Waals surface area contributed by atoms with Gasteiger partial charge in [-0.2, -0.15) is 0 Å². The van der Waals surface area contributed by atoms with Crippen LogP contribution in [0.2, 0.25) is 5.02 Å². The Hall–Kier alpha value is -2.86. The summed E-state index contributed by atoms with van der Waals surface area (Å²) in [5.74, 6) is -1.13. The maximum Gasteiger partial charge on any atom is 0.306 e. The van der Waals surface area contributed by atoms with Crippen LogP contribution in [0.1, 0.15) is 30.4 Å². The molecular weight excluding hydrogens is 380 g/mol. The lowest BCUT2D eigenvalue weighted by Crippen LogP contribution is -2.21. The first-order valence-electron chi connectivity index (χ1n) is 8.91. The van der Waals surface area contributed by atoms with Gasteiger partial charge in [-0.1, -0.05) is 17.7 Å². The van der Waals surface area contributed by atoms with E-state index in [-0.39, 0.29) is 25.4 Å². The molecule has 2 aromatic rings. The third-order valence-electron chi connectivity index (χ3n) is 4.07. The number of nitrogens with one attached hydrogen (secondary N) is 2. The van der Waals surface area contributed by atoms with Crippen LogP contribution in [0.5, 0.6) is 0 Å². The minimum Gasteiger partial charge on any atom is -0.456 e.